The van der Waals surface area contributed by atoms with E-state index in [2.05, 4.69) is 44.9 Å². The van der Waals surface area contributed by atoms with Gasteiger partial charge in [-0.3, -0.25) is 38.4 Å². The number of nitrogens with two attached hydrogens (primary N) is 1. The fraction of sp³-hybridized carbons (Fsp3) is 0.720. The number of ether oxygens (including phenoxy) is 4. The summed E-state index contributed by atoms with van der Waals surface area (Å²) in [6.45, 7) is 3.65. The van der Waals surface area contributed by atoms with Gasteiger partial charge in [-0.15, -0.1) is 0 Å². The summed E-state index contributed by atoms with van der Waals surface area (Å²) >= 11 is 0. The Morgan fingerprint density at radius 2 is 1.59 bits per heavy atom. The molecule has 388 valence electrons. The molecule has 0 aromatic rings. The van der Waals surface area contributed by atoms with Crippen molar-refractivity contribution in [1.82, 2.24) is 31.9 Å². The molecule has 20 nitrogen and oxygen atoms in total. The number of carbonyl (C=O) groups excluding carboxylic acids is 8. The molecule has 0 radical (unpaired) electrons. The highest BCUT2D eigenvalue weighted by molar-refractivity contribution is 6.01. The summed E-state index contributed by atoms with van der Waals surface area (Å²) < 4.78 is 24.6. The lowest BCUT2D eigenvalue weighted by Gasteiger charge is -2.59. The molecule has 6 amide bonds. The molecule has 0 spiro atoms. The van der Waals surface area contributed by atoms with Gasteiger partial charge >= 0.3 is 0 Å². The number of hydrogen-bond acceptors (Lipinski definition) is 14. The van der Waals surface area contributed by atoms with Crippen LogP contribution in [0, 0.1) is 28.6 Å². The lowest BCUT2D eigenvalue weighted by Crippen LogP contribution is -2.63. The molecule has 0 aromatic carbocycles. The fourth-order valence-corrected chi connectivity index (χ4v) is 11.9. The Morgan fingerprint density at radius 3 is 2.29 bits per heavy atom. The van der Waals surface area contributed by atoms with Gasteiger partial charge in [0.1, 0.15) is 26.0 Å². The van der Waals surface area contributed by atoms with Crippen molar-refractivity contribution in [2.45, 2.75) is 147 Å². The van der Waals surface area contributed by atoms with Gasteiger partial charge in [0.25, 0.3) is 0 Å². The molecular weight excluding hydrogens is 907 g/mol. The molecule has 6 rings (SSSR count). The van der Waals surface area contributed by atoms with E-state index in [0.717, 1.165) is 56.9 Å². The zero-order valence-corrected chi connectivity index (χ0v) is 41.0. The van der Waals surface area contributed by atoms with Crippen LogP contribution in [-0.2, 0) is 57.3 Å². The number of carbonyl (C=O) groups is 8. The first-order valence-corrected chi connectivity index (χ1v) is 25.2. The Morgan fingerprint density at radius 1 is 0.886 bits per heavy atom. The van der Waals surface area contributed by atoms with Gasteiger partial charge < -0.3 is 61.7 Å². The van der Waals surface area contributed by atoms with Crippen molar-refractivity contribution in [3.8, 4) is 0 Å². The van der Waals surface area contributed by atoms with Gasteiger partial charge in [0.15, 0.2) is 23.5 Å². The van der Waals surface area contributed by atoms with E-state index in [1.54, 1.807) is 12.2 Å². The number of allylic oxidation sites excluding steroid dienone is 5. The van der Waals surface area contributed by atoms with Crippen molar-refractivity contribution in [3.05, 3.63) is 36.0 Å². The zero-order valence-electron chi connectivity index (χ0n) is 41.0. The molecule has 4 fully saturated rings. The van der Waals surface area contributed by atoms with E-state index in [4.69, 9.17) is 24.7 Å². The first-order valence-electron chi connectivity index (χ1n) is 25.2. The third-order valence-electron chi connectivity index (χ3n) is 15.3. The van der Waals surface area contributed by atoms with Crippen molar-refractivity contribution in [2.75, 3.05) is 52.7 Å². The lowest BCUT2D eigenvalue weighted by molar-refractivity contribution is -0.201. The van der Waals surface area contributed by atoms with Gasteiger partial charge in [-0.25, -0.2) is 0 Å². The van der Waals surface area contributed by atoms with Crippen LogP contribution in [0.4, 0.5) is 0 Å². The third-order valence-corrected chi connectivity index (χ3v) is 15.3. The van der Waals surface area contributed by atoms with Crippen LogP contribution >= 0.6 is 0 Å². The van der Waals surface area contributed by atoms with E-state index in [1.807, 2.05) is 26.0 Å². The Balaban J connectivity index is 0.881. The molecule has 5 aliphatic carbocycles. The summed E-state index contributed by atoms with van der Waals surface area (Å²) in [5.74, 6) is -4.19. The standard InChI is InChI=1S/C50H75N7O13/c1-4-12-45-69-39-22-35-34-17-16-31-21-32(58)18-19-48(31,2)46(34)37(59)23-49(35,3)50(39,70-45)38(60)28-67-30-56-43(64)26-54-41(62)24-52-40(61)25-53-42(63)27-55-47(66)36(15-10-11-20-51)57-44(65)29-68-33-13-8-6-5-7-9-14-33/h8,13,18-19,21,33-37,39,45-46,59H,4-7,9-12,14-17,20,22-30,51H2,1-3H3,(H,52,61)(H,53,63)(H,54,62)(H,55,66)(H,56,64)(H,57,65)/b13-8-/t33?,34-,35-,36-,37-,39+,45?,46+,48-,49-,50+/m0/s1. The smallest absolute Gasteiger partial charge is 0.246 e. The maximum Gasteiger partial charge on any atom is 0.246 e. The van der Waals surface area contributed by atoms with Crippen molar-refractivity contribution >= 4 is 47.0 Å². The molecular formula is C50H75N7O13. The van der Waals surface area contributed by atoms with Crippen molar-refractivity contribution in [2.24, 2.45) is 34.3 Å². The Labute approximate surface area is 410 Å². The van der Waals surface area contributed by atoms with Crippen LogP contribution in [0.25, 0.3) is 0 Å². The predicted molar refractivity (Wildman–Crippen MR) is 254 cm³/mol. The largest absolute Gasteiger partial charge is 0.393 e. The van der Waals surface area contributed by atoms with Gasteiger partial charge in [-0.05, 0) is 101 Å². The average Bonchev–Trinajstić information content (AvgIpc) is 3.80. The topological polar surface area (TPSA) is 292 Å². The number of fused-ring (bicyclic) bond motifs is 7. The zero-order chi connectivity index (χ0) is 50.5. The first-order chi connectivity index (χ1) is 33.5. The summed E-state index contributed by atoms with van der Waals surface area (Å²) in [5, 5.41) is 26.7. The maximum absolute atomic E-state index is 14.4. The number of ketones is 2. The number of rotatable bonds is 24. The average molecular weight is 982 g/mol. The molecule has 0 aromatic heterocycles. The van der Waals surface area contributed by atoms with Gasteiger partial charge in [-0.2, -0.15) is 0 Å². The minimum Gasteiger partial charge on any atom is -0.393 e. The van der Waals surface area contributed by atoms with Crippen molar-refractivity contribution in [1.29, 1.82) is 0 Å². The Bertz CT molecular complexity index is 2030. The molecule has 70 heavy (non-hydrogen) atoms. The number of aliphatic hydroxyl groups is 1. The van der Waals surface area contributed by atoms with Crippen molar-refractivity contribution < 1.29 is 62.4 Å². The number of amides is 6. The van der Waals surface area contributed by atoms with Crippen LogP contribution in [0.3, 0.4) is 0 Å². The number of nitrogens with one attached hydrogen (secondary N) is 6. The van der Waals surface area contributed by atoms with Crippen LogP contribution in [0.15, 0.2) is 36.0 Å². The predicted octanol–water partition coefficient (Wildman–Crippen LogP) is 0.799. The SMILES string of the molecule is CCCC1O[C@@H]2C[C@H]3[C@@H]4CCC5=CC(=O)C=C[C@]5(C)[C@H]4[C@@H](O)C[C@]3(C)[C@]2(C(=O)COCNC(=O)CNC(=O)CNC(=O)CNC(=O)CNC(=O)[C@H](CCCCN)NC(=O)COC2/C=C\CCCCC2)O1. The Hall–Kier alpha value is -4.86. The first kappa shape index (κ1) is 54.5. The molecule has 6 aliphatic rings. The normalized spacial score (nSPS) is 31.7. The van der Waals surface area contributed by atoms with Crippen LogP contribution in [0.1, 0.15) is 111 Å². The fourth-order valence-electron chi connectivity index (χ4n) is 11.9. The third kappa shape index (κ3) is 13.0. The van der Waals surface area contributed by atoms with Crippen LogP contribution in [0.5, 0.6) is 0 Å². The van der Waals surface area contributed by atoms with E-state index >= 15 is 0 Å². The van der Waals surface area contributed by atoms with Crippen LogP contribution in [0.2, 0.25) is 0 Å². The Kier molecular flexibility index (Phi) is 19.5. The number of aliphatic hydroxyl groups excluding tert-OH is 1. The minimum absolute atomic E-state index is 0.00398. The summed E-state index contributed by atoms with van der Waals surface area (Å²) in [7, 11) is 0. The van der Waals surface area contributed by atoms with Gasteiger partial charge in [0.2, 0.25) is 35.4 Å². The second-order valence-electron chi connectivity index (χ2n) is 20.0. The molecule has 3 saturated carbocycles. The highest BCUT2D eigenvalue weighted by Gasteiger charge is 2.75. The van der Waals surface area contributed by atoms with Crippen LogP contribution in [-0.4, -0.2) is 141 Å². The molecule has 0 bridgehead atoms. The molecule has 9 N–H and O–H groups in total. The summed E-state index contributed by atoms with van der Waals surface area (Å²) in [5.41, 5.74) is 4.01. The summed E-state index contributed by atoms with van der Waals surface area (Å²) in [6.07, 6.45) is 17.4. The summed E-state index contributed by atoms with van der Waals surface area (Å²) in [6, 6.07) is -0.924. The number of unbranched alkanes of at least 4 members (excludes halogenated alkanes) is 1. The van der Waals surface area contributed by atoms with E-state index in [9.17, 15) is 43.5 Å². The van der Waals surface area contributed by atoms with E-state index < -0.39 is 109 Å². The van der Waals surface area contributed by atoms with E-state index in [1.165, 1.54) is 0 Å². The van der Waals surface area contributed by atoms with Gasteiger partial charge in [0, 0.05) is 16.7 Å². The molecule has 11 atom stereocenters. The summed E-state index contributed by atoms with van der Waals surface area (Å²) in [4.78, 5) is 102. The maximum atomic E-state index is 14.4. The highest BCUT2D eigenvalue weighted by Crippen LogP contribution is 2.69. The monoisotopic (exact) mass is 982 g/mol. The second kappa shape index (κ2) is 25.0. The lowest BCUT2D eigenvalue weighted by atomic mass is 9.46. The van der Waals surface area contributed by atoms with E-state index in [-0.39, 0.29) is 48.8 Å². The van der Waals surface area contributed by atoms with Crippen LogP contribution < -0.4 is 37.6 Å². The number of Topliss-reactive ketones (excluding diaryl/α,β-unsaturated/α-hetero) is 1. The molecule has 20 heteroatoms. The number of hydrogen-bond donors (Lipinski definition) is 8. The minimum atomic E-state index is -1.38. The molecule has 1 aliphatic heterocycles. The molecule has 1 heterocycles. The van der Waals surface area contributed by atoms with E-state index in [0.29, 0.717) is 45.1 Å². The molecule has 2 unspecified atom stereocenters. The van der Waals surface area contributed by atoms with Gasteiger partial charge in [0.05, 0.1) is 44.5 Å². The highest BCUT2D eigenvalue weighted by atomic mass is 16.7. The van der Waals surface area contributed by atoms with Crippen molar-refractivity contribution in [3.63, 3.8) is 0 Å². The quantitative estimate of drug-likeness (QED) is 0.0378. The second-order valence-corrected chi connectivity index (χ2v) is 20.0. The molecule has 1 saturated heterocycles. The van der Waals surface area contributed by atoms with Gasteiger partial charge in [-0.1, -0.05) is 63.8 Å².